The Labute approximate surface area is 278 Å². The van der Waals surface area contributed by atoms with Crippen molar-refractivity contribution in [3.8, 4) is 5.75 Å². The van der Waals surface area contributed by atoms with Gasteiger partial charge >= 0.3 is 0 Å². The van der Waals surface area contributed by atoms with Gasteiger partial charge in [0.15, 0.2) is 6.29 Å². The van der Waals surface area contributed by atoms with Gasteiger partial charge in [-0.1, -0.05) is 31.0 Å². The van der Waals surface area contributed by atoms with Crippen LogP contribution in [-0.4, -0.2) is 63.4 Å². The van der Waals surface area contributed by atoms with E-state index in [-0.39, 0.29) is 36.9 Å². The minimum atomic E-state index is -3.92. The molecule has 0 radical (unpaired) electrons. The average molecular weight is 675 g/mol. The smallest absolute Gasteiger partial charge is 0.264 e. The zero-order valence-electron chi connectivity index (χ0n) is 26.8. The number of hydrogen-bond donors (Lipinski definition) is 2. The highest BCUT2D eigenvalue weighted by Crippen LogP contribution is 2.46. The number of amides is 1. The zero-order chi connectivity index (χ0) is 32.4. The number of anilines is 1. The number of ether oxygens (including phenoxy) is 3. The van der Waals surface area contributed by atoms with Gasteiger partial charge in [0, 0.05) is 29.6 Å². The first-order valence-corrected chi connectivity index (χ1v) is 18.8. The number of aliphatic hydroxyl groups is 1. The minimum Gasteiger partial charge on any atom is -0.487 e. The number of carbonyl (C=O) groups excluding carboxylic acids is 1. The minimum absolute atomic E-state index is 0.142. The van der Waals surface area contributed by atoms with Gasteiger partial charge in [-0.15, -0.1) is 0 Å². The number of halogens is 1. The number of rotatable bonds is 1. The second kappa shape index (κ2) is 14.4. The van der Waals surface area contributed by atoms with Gasteiger partial charge in [0.05, 0.1) is 24.2 Å². The highest BCUT2D eigenvalue weighted by Gasteiger charge is 2.43. The van der Waals surface area contributed by atoms with Gasteiger partial charge in [-0.2, -0.15) is 0 Å². The highest BCUT2D eigenvalue weighted by atomic mass is 35.5. The lowest BCUT2D eigenvalue weighted by molar-refractivity contribution is -0.252. The summed E-state index contributed by atoms with van der Waals surface area (Å²) in [5.74, 6) is 0.776. The lowest BCUT2D eigenvalue weighted by atomic mass is 9.65. The third-order valence-electron chi connectivity index (χ3n) is 10.7. The highest BCUT2D eigenvalue weighted by molar-refractivity contribution is 7.90. The number of aryl methyl sites for hydroxylation is 1. The topological polar surface area (TPSA) is 114 Å². The van der Waals surface area contributed by atoms with Crippen LogP contribution in [-0.2, 0) is 32.5 Å². The number of fused-ring (bicyclic) bond motifs is 3. The van der Waals surface area contributed by atoms with Crippen molar-refractivity contribution in [2.24, 2.45) is 23.7 Å². The third-order valence-corrected chi connectivity index (χ3v) is 12.8. The van der Waals surface area contributed by atoms with E-state index in [1.54, 1.807) is 25.1 Å². The summed E-state index contributed by atoms with van der Waals surface area (Å²) in [6.07, 6.45) is 6.30. The predicted octanol–water partition coefficient (Wildman–Crippen LogP) is 5.71. The molecule has 252 valence electrons. The van der Waals surface area contributed by atoms with Gasteiger partial charge in [0.1, 0.15) is 18.5 Å². The zero-order valence-corrected chi connectivity index (χ0v) is 28.4. The molecule has 4 aliphatic rings. The van der Waals surface area contributed by atoms with E-state index in [4.69, 9.17) is 25.8 Å². The Morgan fingerprint density at radius 3 is 2.50 bits per heavy atom. The number of carbonyl (C=O) groups is 1. The van der Waals surface area contributed by atoms with Crippen molar-refractivity contribution >= 4 is 33.2 Å². The number of nitrogens with zero attached hydrogens (tertiary/aromatic N) is 1. The largest absolute Gasteiger partial charge is 0.487 e. The van der Waals surface area contributed by atoms with E-state index in [1.165, 1.54) is 5.56 Å². The van der Waals surface area contributed by atoms with E-state index < -0.39 is 27.3 Å². The Morgan fingerprint density at radius 1 is 0.935 bits per heavy atom. The van der Waals surface area contributed by atoms with Crippen LogP contribution in [0, 0.1) is 23.7 Å². The summed E-state index contributed by atoms with van der Waals surface area (Å²) < 4.78 is 47.7. The average Bonchev–Trinajstić information content (AvgIpc) is 3.05. The summed E-state index contributed by atoms with van der Waals surface area (Å²) in [6.45, 7) is 6.04. The normalized spacial score (nSPS) is 32.4. The fraction of sp³-hybridized carbons (Fsp3) is 0.629. The fourth-order valence-electron chi connectivity index (χ4n) is 7.55. The van der Waals surface area contributed by atoms with E-state index in [9.17, 15) is 18.3 Å². The summed E-state index contributed by atoms with van der Waals surface area (Å²) in [6, 6.07) is 11.2. The van der Waals surface area contributed by atoms with Crippen LogP contribution in [0.5, 0.6) is 5.75 Å². The summed E-state index contributed by atoms with van der Waals surface area (Å²) in [7, 11) is -3.92. The first-order chi connectivity index (χ1) is 22.1. The molecule has 46 heavy (non-hydrogen) atoms. The molecule has 2 bridgehead atoms. The van der Waals surface area contributed by atoms with Crippen LogP contribution in [0.2, 0.25) is 5.02 Å². The molecule has 6 rings (SSSR count). The van der Waals surface area contributed by atoms with Crippen molar-refractivity contribution in [3.05, 3.63) is 58.1 Å². The second-order valence-electron chi connectivity index (χ2n) is 13.7. The molecular formula is C35H47ClN2O7S. The van der Waals surface area contributed by atoms with Gasteiger partial charge < -0.3 is 24.2 Å². The van der Waals surface area contributed by atoms with Crippen molar-refractivity contribution in [1.82, 2.24) is 4.72 Å². The summed E-state index contributed by atoms with van der Waals surface area (Å²) >= 11 is 6.35. The lowest BCUT2D eigenvalue weighted by Gasteiger charge is -2.47. The molecule has 2 N–H and O–H groups in total. The van der Waals surface area contributed by atoms with Gasteiger partial charge in [0.25, 0.3) is 5.91 Å². The molecule has 1 saturated heterocycles. The van der Waals surface area contributed by atoms with Crippen LogP contribution < -0.4 is 14.4 Å². The lowest BCUT2D eigenvalue weighted by Crippen LogP contribution is -2.48. The van der Waals surface area contributed by atoms with Crippen LogP contribution >= 0.6 is 11.6 Å². The second-order valence-corrected chi connectivity index (χ2v) is 16.2. The Kier molecular flexibility index (Phi) is 10.5. The van der Waals surface area contributed by atoms with Crippen LogP contribution in [0.25, 0.3) is 0 Å². The van der Waals surface area contributed by atoms with E-state index >= 15 is 0 Å². The number of hydrogen-bond acceptors (Lipinski definition) is 8. The number of benzene rings is 2. The molecule has 1 aliphatic carbocycles. The van der Waals surface area contributed by atoms with Gasteiger partial charge in [-0.05, 0) is 111 Å². The van der Waals surface area contributed by atoms with Gasteiger partial charge in [0.2, 0.25) is 10.0 Å². The molecule has 0 spiro atoms. The summed E-state index contributed by atoms with van der Waals surface area (Å²) in [4.78, 5) is 15.8. The van der Waals surface area contributed by atoms with Crippen LogP contribution in [0.1, 0.15) is 80.3 Å². The molecule has 1 saturated carbocycles. The predicted molar refractivity (Wildman–Crippen MR) is 178 cm³/mol. The molecular weight excluding hydrogens is 628 g/mol. The first kappa shape index (κ1) is 33.5. The van der Waals surface area contributed by atoms with Crippen molar-refractivity contribution < 1.29 is 32.5 Å². The summed E-state index contributed by atoms with van der Waals surface area (Å²) in [5, 5.41) is 10.00. The molecule has 2 fully saturated rings. The SMILES string of the molecule is C[C@@H]1[C@@H](C)CCC[C@H](C2OCC(O)CO2)[C@@H]2CC[C@H]2CN2CCCCc3cc(Cl)ccc3COc3ccc(cc32)C(=O)NS1(=O)=O. The monoisotopic (exact) mass is 674 g/mol. The van der Waals surface area contributed by atoms with Crippen LogP contribution in [0.4, 0.5) is 5.69 Å². The van der Waals surface area contributed by atoms with Crippen molar-refractivity contribution in [2.75, 3.05) is 31.2 Å². The fourth-order valence-corrected chi connectivity index (χ4v) is 9.06. The molecule has 2 aromatic rings. The maximum atomic E-state index is 13.5. The Bertz CT molecular complexity index is 1500. The number of sulfonamides is 1. The van der Waals surface area contributed by atoms with E-state index in [1.807, 2.05) is 25.1 Å². The Balaban J connectivity index is 1.36. The van der Waals surface area contributed by atoms with Crippen molar-refractivity contribution in [3.63, 3.8) is 0 Å². The molecule has 2 aromatic carbocycles. The van der Waals surface area contributed by atoms with E-state index in [0.29, 0.717) is 35.6 Å². The summed E-state index contributed by atoms with van der Waals surface area (Å²) in [5.41, 5.74) is 3.34. The Morgan fingerprint density at radius 2 is 1.74 bits per heavy atom. The number of aliphatic hydroxyl groups excluding tert-OH is 1. The van der Waals surface area contributed by atoms with Crippen LogP contribution in [0.15, 0.2) is 36.4 Å². The van der Waals surface area contributed by atoms with E-state index in [0.717, 1.165) is 69.3 Å². The molecule has 9 nitrogen and oxygen atoms in total. The first-order valence-electron chi connectivity index (χ1n) is 16.9. The maximum Gasteiger partial charge on any atom is 0.264 e. The molecule has 1 amide bonds. The van der Waals surface area contributed by atoms with E-state index in [2.05, 4.69) is 9.62 Å². The Hall–Kier alpha value is -2.37. The molecule has 0 unspecified atom stereocenters. The maximum absolute atomic E-state index is 13.5. The molecule has 5 atom stereocenters. The van der Waals surface area contributed by atoms with Crippen LogP contribution in [0.3, 0.4) is 0 Å². The molecule has 0 aromatic heterocycles. The van der Waals surface area contributed by atoms with Gasteiger partial charge in [-0.25, -0.2) is 13.1 Å². The van der Waals surface area contributed by atoms with Crippen molar-refractivity contribution in [1.29, 1.82) is 0 Å². The van der Waals surface area contributed by atoms with Gasteiger partial charge in [-0.3, -0.25) is 4.79 Å². The number of nitrogens with one attached hydrogen (secondary N) is 1. The quantitative estimate of drug-likeness (QED) is 0.396. The van der Waals surface area contributed by atoms with Crippen molar-refractivity contribution in [2.45, 2.75) is 89.5 Å². The standard InChI is InChI=1S/C35H47ClN2O7S/c1-22-6-5-8-31(35-44-20-29(39)21-45-35)30-13-10-26(30)18-38-15-4-3-7-24-16-28(36)12-9-27(24)19-43-33-14-11-25(17-32(33)38)34(40)37-46(41,42)23(22)2/h9,11-12,14,16-17,22-23,26,29-31,35,39H,3-8,10,13,15,18-21H2,1-2H3,(H,37,40)/t22-,23+,26-,29?,30+,31-,35?/m0/s1. The molecule has 3 heterocycles. The molecule has 11 heteroatoms. The third kappa shape index (κ3) is 7.51. The molecule has 3 aliphatic heterocycles.